The van der Waals surface area contributed by atoms with Gasteiger partial charge in [0.15, 0.2) is 22.3 Å². The topological polar surface area (TPSA) is 33.7 Å². The summed E-state index contributed by atoms with van der Waals surface area (Å²) in [5.74, 6) is 1.60. The molecule has 0 amide bonds. The molecule has 2 atom stereocenters. The van der Waals surface area contributed by atoms with Crippen molar-refractivity contribution in [3.63, 3.8) is 0 Å². The average molecular weight is 369 g/mol. The van der Waals surface area contributed by atoms with Crippen molar-refractivity contribution in [3.05, 3.63) is 53.1 Å². The number of ether oxygens (including phenoxy) is 2. The van der Waals surface area contributed by atoms with Crippen molar-refractivity contribution in [1.29, 1.82) is 0 Å². The van der Waals surface area contributed by atoms with Crippen LogP contribution in [-0.2, 0) is 0 Å². The third-order valence-corrected chi connectivity index (χ3v) is 5.61. The van der Waals surface area contributed by atoms with Crippen LogP contribution in [0, 0.1) is 13.8 Å². The van der Waals surface area contributed by atoms with Gasteiger partial charge < -0.3 is 14.8 Å². The fraction of sp³-hybridized carbons (Fsp3) is 0.381. The van der Waals surface area contributed by atoms with Crippen molar-refractivity contribution in [2.75, 3.05) is 11.5 Å². The highest BCUT2D eigenvalue weighted by molar-refractivity contribution is 7.80. The van der Waals surface area contributed by atoms with Crippen LogP contribution < -0.4 is 19.7 Å². The quantitative estimate of drug-likeness (QED) is 0.799. The van der Waals surface area contributed by atoms with E-state index in [0.29, 0.717) is 11.7 Å². The van der Waals surface area contributed by atoms with Crippen LogP contribution in [-0.4, -0.2) is 17.4 Å². The fourth-order valence-corrected chi connectivity index (χ4v) is 4.33. The smallest absolute Gasteiger partial charge is 0.188 e. The van der Waals surface area contributed by atoms with E-state index in [1.807, 2.05) is 19.1 Å². The Labute approximate surface area is 160 Å². The molecule has 0 spiro atoms. The second kappa shape index (κ2) is 6.16. The lowest BCUT2D eigenvalue weighted by molar-refractivity contribution is 0.0457. The summed E-state index contributed by atoms with van der Waals surface area (Å²) in [6, 6.07) is 12.6. The predicted molar refractivity (Wildman–Crippen MR) is 108 cm³/mol. The summed E-state index contributed by atoms with van der Waals surface area (Å²) in [5.41, 5.74) is 4.09. The molecule has 4 rings (SSSR count). The maximum atomic E-state index is 6.55. The number of nitrogens with zero attached hydrogens (tertiary/aromatic N) is 1. The van der Waals surface area contributed by atoms with Crippen LogP contribution in [0.25, 0.3) is 0 Å². The number of benzene rings is 2. The number of anilines is 1. The predicted octanol–water partition coefficient (Wildman–Crippen LogP) is 4.64. The molecule has 2 unspecified atom stereocenters. The first-order valence-corrected chi connectivity index (χ1v) is 9.46. The molecule has 0 aromatic heterocycles. The summed E-state index contributed by atoms with van der Waals surface area (Å²) in [5, 5.41) is 4.20. The van der Waals surface area contributed by atoms with Gasteiger partial charge in [0.05, 0.1) is 12.6 Å². The molecule has 5 heteroatoms. The van der Waals surface area contributed by atoms with Crippen LogP contribution in [0.15, 0.2) is 36.4 Å². The summed E-state index contributed by atoms with van der Waals surface area (Å²) < 4.78 is 12.4. The van der Waals surface area contributed by atoms with Gasteiger partial charge in [0, 0.05) is 17.7 Å². The van der Waals surface area contributed by atoms with Crippen molar-refractivity contribution in [3.8, 4) is 11.5 Å². The van der Waals surface area contributed by atoms with E-state index >= 15 is 0 Å². The molecular weight excluding hydrogens is 344 g/mol. The van der Waals surface area contributed by atoms with Crippen molar-refractivity contribution in [1.82, 2.24) is 5.32 Å². The highest BCUT2D eigenvalue weighted by Crippen LogP contribution is 2.49. The molecule has 0 saturated carbocycles. The molecule has 2 heterocycles. The monoisotopic (exact) mass is 368 g/mol. The van der Waals surface area contributed by atoms with Crippen molar-refractivity contribution in [2.24, 2.45) is 0 Å². The molecule has 2 aliphatic heterocycles. The lowest BCUT2D eigenvalue weighted by Crippen LogP contribution is -2.65. The number of fused-ring (bicyclic) bond motifs is 4. The highest BCUT2D eigenvalue weighted by atomic mass is 32.1. The maximum Gasteiger partial charge on any atom is 0.188 e. The molecule has 4 nitrogen and oxygen atoms in total. The van der Waals surface area contributed by atoms with Gasteiger partial charge in [-0.2, -0.15) is 0 Å². The van der Waals surface area contributed by atoms with E-state index in [-0.39, 0.29) is 6.04 Å². The molecule has 1 N–H and O–H groups in total. The Morgan fingerprint density at radius 2 is 2.08 bits per heavy atom. The molecule has 2 aromatic rings. The minimum atomic E-state index is -0.561. The number of aryl methyl sites for hydroxylation is 2. The Kier molecular flexibility index (Phi) is 4.07. The van der Waals surface area contributed by atoms with E-state index in [1.165, 1.54) is 11.1 Å². The fourth-order valence-electron chi connectivity index (χ4n) is 3.88. The Bertz CT molecular complexity index is 882. The van der Waals surface area contributed by atoms with E-state index in [9.17, 15) is 0 Å². The van der Waals surface area contributed by atoms with Gasteiger partial charge in [0.1, 0.15) is 0 Å². The largest absolute Gasteiger partial charge is 0.490 e. The van der Waals surface area contributed by atoms with Gasteiger partial charge in [-0.15, -0.1) is 0 Å². The SMILES string of the molecule is CCOc1cccc2c1OC1(C)CC2NC(=S)N1c1ccc(C)c(C)c1. The van der Waals surface area contributed by atoms with Gasteiger partial charge in [0.2, 0.25) is 0 Å². The second-order valence-corrected chi connectivity index (χ2v) is 7.58. The van der Waals surface area contributed by atoms with Crippen LogP contribution in [0.3, 0.4) is 0 Å². The number of nitrogens with one attached hydrogen (secondary N) is 1. The molecule has 0 aliphatic carbocycles. The molecule has 1 saturated heterocycles. The van der Waals surface area contributed by atoms with Crippen molar-refractivity contribution < 1.29 is 9.47 Å². The molecule has 0 radical (unpaired) electrons. The lowest BCUT2D eigenvalue weighted by Gasteiger charge is -2.52. The first kappa shape index (κ1) is 17.2. The summed E-state index contributed by atoms with van der Waals surface area (Å²) >= 11 is 5.73. The van der Waals surface area contributed by atoms with Crippen molar-refractivity contribution >= 4 is 23.0 Å². The van der Waals surface area contributed by atoms with Gasteiger partial charge in [-0.1, -0.05) is 18.2 Å². The molecule has 26 heavy (non-hydrogen) atoms. The normalized spacial score (nSPS) is 23.8. The third kappa shape index (κ3) is 2.62. The minimum absolute atomic E-state index is 0.124. The van der Waals surface area contributed by atoms with Gasteiger partial charge in [-0.25, -0.2) is 0 Å². The Balaban J connectivity index is 1.80. The first-order chi connectivity index (χ1) is 12.4. The Morgan fingerprint density at radius 1 is 1.27 bits per heavy atom. The zero-order chi connectivity index (χ0) is 18.5. The summed E-state index contributed by atoms with van der Waals surface area (Å²) in [6.07, 6.45) is 0.808. The minimum Gasteiger partial charge on any atom is -0.490 e. The zero-order valence-corrected chi connectivity index (χ0v) is 16.4. The number of para-hydroxylation sites is 1. The van der Waals surface area contributed by atoms with Crippen LogP contribution in [0.4, 0.5) is 5.69 Å². The van der Waals surface area contributed by atoms with Gasteiger partial charge in [0.25, 0.3) is 0 Å². The summed E-state index contributed by atoms with van der Waals surface area (Å²) in [6.45, 7) is 8.93. The maximum absolute atomic E-state index is 6.55. The number of thiocarbonyl (C=S) groups is 1. The molecule has 2 bridgehead atoms. The van der Waals surface area contributed by atoms with Gasteiger partial charge in [-0.05, 0) is 69.2 Å². The standard InChI is InChI=1S/C21H24N2O2S/c1-5-24-18-8-6-7-16-17-12-21(4,25-19(16)18)23(20(26)22-17)15-10-9-13(2)14(3)11-15/h6-11,17H,5,12H2,1-4H3,(H,22,26). The van der Waals surface area contributed by atoms with Crippen LogP contribution in [0.1, 0.15) is 43.0 Å². The highest BCUT2D eigenvalue weighted by Gasteiger charge is 2.49. The third-order valence-electron chi connectivity index (χ3n) is 5.31. The molecule has 1 fully saturated rings. The molecular formula is C21H24N2O2S. The van der Waals surface area contributed by atoms with E-state index in [1.54, 1.807) is 0 Å². The lowest BCUT2D eigenvalue weighted by atomic mass is 9.90. The number of hydrogen-bond acceptors (Lipinski definition) is 3. The number of hydrogen-bond donors (Lipinski definition) is 1. The average Bonchev–Trinajstić information content (AvgIpc) is 2.58. The van der Waals surface area contributed by atoms with Crippen LogP contribution in [0.5, 0.6) is 11.5 Å². The zero-order valence-electron chi connectivity index (χ0n) is 15.6. The second-order valence-electron chi connectivity index (χ2n) is 7.19. The summed E-state index contributed by atoms with van der Waals surface area (Å²) in [4.78, 5) is 2.09. The van der Waals surface area contributed by atoms with Crippen LogP contribution >= 0.6 is 12.2 Å². The molecule has 2 aromatic carbocycles. The van der Waals surface area contributed by atoms with E-state index < -0.39 is 5.72 Å². The van der Waals surface area contributed by atoms with E-state index in [4.69, 9.17) is 21.7 Å². The summed E-state index contributed by atoms with van der Waals surface area (Å²) in [7, 11) is 0. The number of rotatable bonds is 3. The first-order valence-electron chi connectivity index (χ1n) is 9.05. The van der Waals surface area contributed by atoms with Gasteiger partial charge in [-0.3, -0.25) is 4.90 Å². The Morgan fingerprint density at radius 3 is 2.81 bits per heavy atom. The van der Waals surface area contributed by atoms with Crippen molar-refractivity contribution in [2.45, 2.75) is 45.9 Å². The van der Waals surface area contributed by atoms with Crippen LogP contribution in [0.2, 0.25) is 0 Å². The molecule has 136 valence electrons. The Hall–Kier alpha value is -2.27. The van der Waals surface area contributed by atoms with Gasteiger partial charge >= 0.3 is 0 Å². The van der Waals surface area contributed by atoms with E-state index in [0.717, 1.165) is 29.2 Å². The molecule has 2 aliphatic rings. The van der Waals surface area contributed by atoms with E-state index in [2.05, 4.69) is 55.3 Å².